The van der Waals surface area contributed by atoms with Gasteiger partial charge in [-0.05, 0) is 26.0 Å². The van der Waals surface area contributed by atoms with E-state index >= 15 is 0 Å². The van der Waals surface area contributed by atoms with Crippen LogP contribution < -0.4 is 5.56 Å². The molecule has 0 saturated heterocycles. The number of aryl methyl sites for hydroxylation is 1. The van der Waals surface area contributed by atoms with Gasteiger partial charge in [0.2, 0.25) is 11.5 Å². The monoisotopic (exact) mass is 379 g/mol. The Morgan fingerprint density at radius 2 is 2.07 bits per heavy atom. The molecule has 0 N–H and O–H groups in total. The molecule has 0 aliphatic carbocycles. The summed E-state index contributed by atoms with van der Waals surface area (Å²) in [6.45, 7) is 4.21. The van der Waals surface area contributed by atoms with Crippen molar-refractivity contribution in [3.05, 3.63) is 58.9 Å². The van der Waals surface area contributed by atoms with Crippen LogP contribution in [0.25, 0.3) is 22.1 Å². The fourth-order valence-corrected chi connectivity index (χ4v) is 3.27. The van der Waals surface area contributed by atoms with Gasteiger partial charge in [0, 0.05) is 36.8 Å². The van der Waals surface area contributed by atoms with Crippen molar-refractivity contribution >= 4 is 28.0 Å². The molecule has 0 spiro atoms. The van der Waals surface area contributed by atoms with Crippen LogP contribution in [-0.2, 0) is 24.9 Å². The third kappa shape index (κ3) is 3.17. The highest BCUT2D eigenvalue weighted by molar-refractivity contribution is 6.01. The molecule has 4 rings (SSSR count). The predicted octanol–water partition coefficient (Wildman–Crippen LogP) is 2.31. The summed E-state index contributed by atoms with van der Waals surface area (Å²) in [6, 6.07) is 7.34. The maximum atomic E-state index is 12.9. The van der Waals surface area contributed by atoms with E-state index in [2.05, 4.69) is 10.1 Å². The Bertz CT molecular complexity index is 1220. The van der Waals surface area contributed by atoms with E-state index in [9.17, 15) is 9.59 Å². The number of amides is 1. The van der Waals surface area contributed by atoms with Gasteiger partial charge in [0.05, 0.1) is 12.5 Å². The number of rotatable bonds is 5. The number of aromatic nitrogens is 4. The van der Waals surface area contributed by atoms with Crippen molar-refractivity contribution < 1.29 is 9.21 Å². The molecule has 0 aliphatic heterocycles. The first-order chi connectivity index (χ1) is 13.4. The summed E-state index contributed by atoms with van der Waals surface area (Å²) in [4.78, 5) is 31.8. The number of furan rings is 1. The number of hydrogen-bond acceptors (Lipinski definition) is 5. The van der Waals surface area contributed by atoms with E-state index in [1.54, 1.807) is 21.8 Å². The smallest absolute Gasteiger partial charge is 0.297 e. The van der Waals surface area contributed by atoms with Crippen LogP contribution in [0.2, 0.25) is 0 Å². The lowest BCUT2D eigenvalue weighted by Crippen LogP contribution is -2.40. The highest BCUT2D eigenvalue weighted by atomic mass is 16.3. The van der Waals surface area contributed by atoms with E-state index < -0.39 is 0 Å². The molecule has 0 bridgehead atoms. The van der Waals surface area contributed by atoms with Crippen molar-refractivity contribution in [1.82, 2.24) is 24.2 Å². The summed E-state index contributed by atoms with van der Waals surface area (Å²) in [7, 11) is 1.83. The topological polar surface area (TPSA) is 86.2 Å². The first kappa shape index (κ1) is 18.0. The van der Waals surface area contributed by atoms with Gasteiger partial charge in [-0.25, -0.2) is 4.98 Å². The zero-order chi connectivity index (χ0) is 19.8. The van der Waals surface area contributed by atoms with Gasteiger partial charge < -0.3 is 9.32 Å². The zero-order valence-corrected chi connectivity index (χ0v) is 16.0. The van der Waals surface area contributed by atoms with Gasteiger partial charge >= 0.3 is 0 Å². The lowest BCUT2D eigenvalue weighted by molar-refractivity contribution is -0.134. The fourth-order valence-electron chi connectivity index (χ4n) is 3.27. The van der Waals surface area contributed by atoms with E-state index in [1.165, 1.54) is 10.9 Å². The van der Waals surface area contributed by atoms with Gasteiger partial charge in [-0.2, -0.15) is 5.10 Å². The average Bonchev–Trinajstić information content (AvgIpc) is 3.25. The van der Waals surface area contributed by atoms with Crippen LogP contribution in [0.5, 0.6) is 0 Å². The van der Waals surface area contributed by atoms with E-state index in [1.807, 2.05) is 45.3 Å². The number of hydrogen-bond donors (Lipinski definition) is 0. The minimum absolute atomic E-state index is 0.0219. The van der Waals surface area contributed by atoms with E-state index in [0.29, 0.717) is 17.6 Å². The second kappa shape index (κ2) is 6.95. The molecule has 0 saturated carbocycles. The van der Waals surface area contributed by atoms with Crippen molar-refractivity contribution in [2.45, 2.75) is 33.0 Å². The van der Waals surface area contributed by atoms with Crippen LogP contribution in [0.3, 0.4) is 0 Å². The molecule has 3 aromatic heterocycles. The molecule has 8 nitrogen and oxygen atoms in total. The maximum Gasteiger partial charge on any atom is 0.297 e. The van der Waals surface area contributed by atoms with Crippen molar-refractivity contribution in [2.75, 3.05) is 0 Å². The van der Waals surface area contributed by atoms with Crippen LogP contribution >= 0.6 is 0 Å². The van der Waals surface area contributed by atoms with E-state index in [-0.39, 0.29) is 29.6 Å². The highest BCUT2D eigenvalue weighted by Crippen LogP contribution is 2.24. The van der Waals surface area contributed by atoms with E-state index in [0.717, 1.165) is 10.9 Å². The largest absolute Gasteiger partial charge is 0.448 e. The van der Waals surface area contributed by atoms with Crippen molar-refractivity contribution in [3.63, 3.8) is 0 Å². The average molecular weight is 379 g/mol. The Labute approximate surface area is 161 Å². The normalized spacial score (nSPS) is 11.6. The Kier molecular flexibility index (Phi) is 4.46. The van der Waals surface area contributed by atoms with Crippen LogP contribution in [-0.4, -0.2) is 36.2 Å². The third-order valence-corrected chi connectivity index (χ3v) is 4.71. The van der Waals surface area contributed by atoms with Gasteiger partial charge in [0.25, 0.3) is 5.56 Å². The molecule has 1 amide bonds. The third-order valence-electron chi connectivity index (χ3n) is 4.71. The maximum absolute atomic E-state index is 12.9. The number of para-hydroxylation sites is 1. The zero-order valence-electron chi connectivity index (χ0n) is 16.0. The Morgan fingerprint density at radius 1 is 1.29 bits per heavy atom. The van der Waals surface area contributed by atoms with Gasteiger partial charge in [-0.15, -0.1) is 0 Å². The summed E-state index contributed by atoms with van der Waals surface area (Å²) >= 11 is 0. The first-order valence-electron chi connectivity index (χ1n) is 9.07. The van der Waals surface area contributed by atoms with Crippen molar-refractivity contribution in [2.24, 2.45) is 7.05 Å². The summed E-state index contributed by atoms with van der Waals surface area (Å²) in [5.74, 6) is -0.168. The van der Waals surface area contributed by atoms with Gasteiger partial charge in [-0.3, -0.25) is 18.8 Å². The minimum Gasteiger partial charge on any atom is -0.448 e. The fraction of sp³-hybridized carbons (Fsp3) is 0.300. The molecule has 144 valence electrons. The molecule has 0 atom stereocenters. The summed E-state index contributed by atoms with van der Waals surface area (Å²) in [5.41, 5.74) is 1.86. The SMILES string of the molecule is CC(C)N(Cc1cnn(C)c1)C(=O)Cn1cnc2c(oc3ccccc32)c1=O. The molecular formula is C20H21N5O3. The van der Waals surface area contributed by atoms with Crippen LogP contribution in [0, 0.1) is 0 Å². The summed E-state index contributed by atoms with van der Waals surface area (Å²) < 4.78 is 8.67. The highest BCUT2D eigenvalue weighted by Gasteiger charge is 2.20. The van der Waals surface area contributed by atoms with Gasteiger partial charge in [-0.1, -0.05) is 12.1 Å². The van der Waals surface area contributed by atoms with Crippen molar-refractivity contribution in [3.8, 4) is 0 Å². The summed E-state index contributed by atoms with van der Waals surface area (Å²) in [5, 5.41) is 4.93. The lowest BCUT2D eigenvalue weighted by Gasteiger charge is -2.26. The van der Waals surface area contributed by atoms with Gasteiger partial charge in [0.15, 0.2) is 0 Å². The molecule has 0 radical (unpaired) electrons. The molecule has 8 heteroatoms. The standard InChI is InChI=1S/C20H21N5O3/c1-13(2)25(10-14-8-22-23(3)9-14)17(26)11-24-12-21-18-15-6-4-5-7-16(15)28-19(18)20(24)27/h4-9,12-13H,10-11H2,1-3H3. The number of fused-ring (bicyclic) bond motifs is 3. The minimum atomic E-state index is -0.361. The first-order valence-corrected chi connectivity index (χ1v) is 9.07. The predicted molar refractivity (Wildman–Crippen MR) is 105 cm³/mol. The van der Waals surface area contributed by atoms with Crippen LogP contribution in [0.4, 0.5) is 0 Å². The van der Waals surface area contributed by atoms with Crippen molar-refractivity contribution in [1.29, 1.82) is 0 Å². The Balaban J connectivity index is 1.64. The molecule has 0 fully saturated rings. The second-order valence-electron chi connectivity index (χ2n) is 7.09. The van der Waals surface area contributed by atoms with Gasteiger partial charge in [0.1, 0.15) is 17.6 Å². The second-order valence-corrected chi connectivity index (χ2v) is 7.09. The molecule has 3 heterocycles. The lowest BCUT2D eigenvalue weighted by atomic mass is 10.2. The molecule has 0 aliphatic rings. The molecule has 1 aromatic carbocycles. The van der Waals surface area contributed by atoms with Crippen LogP contribution in [0.15, 0.2) is 52.2 Å². The quantitative estimate of drug-likeness (QED) is 0.531. The van der Waals surface area contributed by atoms with E-state index in [4.69, 9.17) is 4.42 Å². The Hall–Kier alpha value is -3.42. The van der Waals surface area contributed by atoms with Crippen LogP contribution in [0.1, 0.15) is 19.4 Å². The number of benzene rings is 1. The molecular weight excluding hydrogens is 358 g/mol. The number of carbonyl (C=O) groups is 1. The molecule has 0 unspecified atom stereocenters. The Morgan fingerprint density at radius 3 is 2.79 bits per heavy atom. The molecule has 28 heavy (non-hydrogen) atoms. The molecule has 4 aromatic rings. The number of carbonyl (C=O) groups excluding carboxylic acids is 1. The summed E-state index contributed by atoms with van der Waals surface area (Å²) in [6.07, 6.45) is 5.01. The number of nitrogens with zero attached hydrogens (tertiary/aromatic N) is 5.